The lowest BCUT2D eigenvalue weighted by Crippen LogP contribution is -3.00. The first-order valence-electron chi connectivity index (χ1n) is 17.2. The second-order valence-electron chi connectivity index (χ2n) is 14.0. The zero-order chi connectivity index (χ0) is 46.2. The van der Waals surface area contributed by atoms with Gasteiger partial charge in [-0.25, -0.2) is 35.1 Å². The third-order valence-corrected chi connectivity index (χ3v) is 11.1. The lowest BCUT2D eigenvalue weighted by molar-refractivity contribution is -0.903. The molecule has 0 atom stereocenters. The Labute approximate surface area is 352 Å². The maximum absolute atomic E-state index is 13.5. The Balaban J connectivity index is 0. The minimum atomic E-state index is -6.26. The van der Waals surface area contributed by atoms with Crippen LogP contribution in [0.2, 0.25) is 0 Å². The number of quaternary nitrogens is 1. The van der Waals surface area contributed by atoms with Crippen molar-refractivity contribution in [1.29, 1.82) is 0 Å². The number of sulfonamides is 2. The molecule has 0 aliphatic carbocycles. The molecular weight excluding hydrogens is 929 g/mol. The number of rotatable bonds is 19. The average molecular weight is 978 g/mol. The van der Waals surface area contributed by atoms with Crippen molar-refractivity contribution in [2.75, 3.05) is 65.9 Å². The van der Waals surface area contributed by atoms with Crippen LogP contribution in [0.3, 0.4) is 0 Å². The van der Waals surface area contributed by atoms with E-state index >= 15 is 0 Å². The monoisotopic (exact) mass is 976 g/mol. The molecule has 0 amide bonds. The molecule has 60 heavy (non-hydrogen) atoms. The summed E-state index contributed by atoms with van der Waals surface area (Å²) < 4.78 is 226. The Hall–Kier alpha value is -2.22. The van der Waals surface area contributed by atoms with E-state index in [1.54, 1.807) is 19.0 Å². The molecule has 0 fully saturated rings. The van der Waals surface area contributed by atoms with Crippen molar-refractivity contribution in [1.82, 2.24) is 14.3 Å². The molecule has 2 rings (SSSR count). The van der Waals surface area contributed by atoms with E-state index in [0.717, 1.165) is 5.56 Å². The normalized spacial score (nSPS) is 13.5. The molecule has 0 bridgehead atoms. The summed E-state index contributed by atoms with van der Waals surface area (Å²) in [6.07, 6.45) is -28.9. The summed E-state index contributed by atoms with van der Waals surface area (Å²) in [4.78, 5) is 1.70. The van der Waals surface area contributed by atoms with Gasteiger partial charge < -0.3 is 21.8 Å². The van der Waals surface area contributed by atoms with Crippen molar-refractivity contribution in [3.8, 4) is 0 Å². The van der Waals surface area contributed by atoms with Crippen LogP contribution in [0.1, 0.15) is 36.8 Å². The predicted molar refractivity (Wildman–Crippen MR) is 196 cm³/mol. The highest BCUT2D eigenvalue weighted by Gasteiger charge is 2.73. The largest absolute Gasteiger partial charge is 1.00 e. The molecule has 0 spiro atoms. The van der Waals surface area contributed by atoms with Crippen LogP contribution in [0.4, 0.5) is 61.5 Å². The third kappa shape index (κ3) is 21.7. The predicted octanol–water partition coefficient (Wildman–Crippen LogP) is 5.31. The molecule has 0 heterocycles. The molecule has 0 radical (unpaired) electrons. The van der Waals surface area contributed by atoms with Crippen LogP contribution in [0.25, 0.3) is 0 Å². The summed E-state index contributed by atoms with van der Waals surface area (Å²) in [6.45, 7) is 1.25. The van der Waals surface area contributed by atoms with Gasteiger partial charge in [0.1, 0.15) is 6.54 Å². The van der Waals surface area contributed by atoms with Gasteiger partial charge in [-0.3, -0.25) is 0 Å². The van der Waals surface area contributed by atoms with Crippen LogP contribution in [0, 0.1) is 0 Å². The van der Waals surface area contributed by atoms with E-state index in [1.807, 2.05) is 84.2 Å². The molecule has 0 unspecified atom stereocenters. The summed E-state index contributed by atoms with van der Waals surface area (Å²) in [5.41, 5.74) is -8.91. The number of halogens is 16. The van der Waals surface area contributed by atoms with E-state index in [0.29, 0.717) is 42.8 Å². The molecular formula is C34H48Cl2F14N4O4S2. The van der Waals surface area contributed by atoms with Crippen LogP contribution in [0.15, 0.2) is 60.7 Å². The highest BCUT2D eigenvalue weighted by Crippen LogP contribution is 2.49. The molecule has 2 aromatic rings. The molecule has 2 N–H and O–H groups in total. The molecule has 0 aromatic heterocycles. The standard InChI is InChI=1S/C17H24F7N2O2S.C10H17F7N2O2S.C7H7Cl.ClH/c1-26(2,13-14-7-4-3-5-8-14)11-6-10-25-29(27,28)12-9-15(18,16(19,20)21)17(22,23)24;1-19(2)6-3-5-18-22(20,21)7-4-8(11,9(12,13)14)10(15,16)17;8-6-7-4-2-1-3-5-7;/h3-5,7-8,25H,6,9-13H2,1-2H3;18H,3-7H2,1-2H3;1-5H,6H2;1H/q+1;;;/p-1. The van der Waals surface area contributed by atoms with Gasteiger partial charge in [0.05, 0.1) is 32.1 Å². The van der Waals surface area contributed by atoms with Crippen LogP contribution >= 0.6 is 11.6 Å². The smallest absolute Gasteiger partial charge is 0.431 e. The van der Waals surface area contributed by atoms with Crippen molar-refractivity contribution in [2.45, 2.75) is 74.2 Å². The van der Waals surface area contributed by atoms with E-state index in [4.69, 9.17) is 11.6 Å². The third-order valence-electron chi connectivity index (χ3n) is 8.04. The minimum absolute atomic E-state index is 0. The van der Waals surface area contributed by atoms with Gasteiger partial charge in [-0.15, -0.1) is 11.6 Å². The quantitative estimate of drug-likeness (QED) is 0.0863. The molecule has 0 aliphatic rings. The molecule has 352 valence electrons. The van der Waals surface area contributed by atoms with E-state index < -0.39 is 80.4 Å². The Kier molecular flexibility index (Phi) is 24.5. The SMILES string of the molecule is CN(C)CCCNS(=O)(=O)CCC(F)(C(F)(F)F)C(F)(F)F.C[N+](C)(CCCNS(=O)(=O)CCC(F)(C(F)(F)F)C(F)(F)F)Cc1ccccc1.ClCc1ccccc1.[Cl-]. The molecule has 0 aliphatic heterocycles. The first-order chi connectivity index (χ1) is 26.5. The van der Waals surface area contributed by atoms with Crippen molar-refractivity contribution in [2.24, 2.45) is 0 Å². The Morgan fingerprint density at radius 3 is 1.22 bits per heavy atom. The van der Waals surface area contributed by atoms with Gasteiger partial charge in [0, 0.05) is 43.8 Å². The van der Waals surface area contributed by atoms with Crippen LogP contribution in [-0.2, 0) is 32.5 Å². The fraction of sp³-hybridized carbons (Fsp3) is 0.647. The molecule has 26 heteroatoms. The Bertz CT molecular complexity index is 1690. The summed E-state index contributed by atoms with van der Waals surface area (Å²) in [6, 6.07) is 19.4. The van der Waals surface area contributed by atoms with Gasteiger partial charge >= 0.3 is 24.7 Å². The fourth-order valence-electron chi connectivity index (χ4n) is 4.66. The molecule has 2 aromatic carbocycles. The van der Waals surface area contributed by atoms with Gasteiger partial charge in [-0.05, 0) is 32.6 Å². The Morgan fingerprint density at radius 2 is 0.917 bits per heavy atom. The van der Waals surface area contributed by atoms with Crippen molar-refractivity contribution in [3.63, 3.8) is 0 Å². The number of benzene rings is 2. The number of nitrogens with one attached hydrogen (secondary N) is 2. The summed E-state index contributed by atoms with van der Waals surface area (Å²) in [5, 5.41) is 0. The number of hydrogen-bond acceptors (Lipinski definition) is 5. The zero-order valence-corrected chi connectivity index (χ0v) is 35.8. The average Bonchev–Trinajstić information content (AvgIpc) is 3.09. The molecule has 0 saturated heterocycles. The van der Waals surface area contributed by atoms with E-state index in [1.165, 1.54) is 5.56 Å². The topological polar surface area (TPSA) is 95.6 Å². The zero-order valence-electron chi connectivity index (χ0n) is 32.7. The molecule has 0 saturated carbocycles. The van der Waals surface area contributed by atoms with Crippen molar-refractivity contribution in [3.05, 3.63) is 71.8 Å². The molecule has 8 nitrogen and oxygen atoms in total. The second kappa shape index (κ2) is 24.6. The first kappa shape index (κ1) is 59.9. The van der Waals surface area contributed by atoms with Gasteiger partial charge in [0.2, 0.25) is 20.0 Å². The van der Waals surface area contributed by atoms with Gasteiger partial charge in [-0.2, -0.15) is 52.7 Å². The summed E-state index contributed by atoms with van der Waals surface area (Å²) in [5.74, 6) is -2.64. The lowest BCUT2D eigenvalue weighted by atomic mass is 10.0. The maximum atomic E-state index is 13.5. The number of nitrogens with zero attached hydrogens (tertiary/aromatic N) is 2. The van der Waals surface area contributed by atoms with E-state index in [9.17, 15) is 78.3 Å². The van der Waals surface area contributed by atoms with Gasteiger partial charge in [0.15, 0.2) is 0 Å². The van der Waals surface area contributed by atoms with Crippen LogP contribution in [0.5, 0.6) is 0 Å². The van der Waals surface area contributed by atoms with Gasteiger partial charge in [-0.1, -0.05) is 60.7 Å². The number of alkyl halides is 15. The minimum Gasteiger partial charge on any atom is -1.00 e. The Morgan fingerprint density at radius 1 is 0.583 bits per heavy atom. The first-order valence-corrected chi connectivity index (χ1v) is 21.1. The maximum Gasteiger partial charge on any atom is 0.431 e. The second-order valence-corrected chi connectivity index (χ2v) is 18.1. The number of hydrogen-bond donors (Lipinski definition) is 2. The van der Waals surface area contributed by atoms with Crippen molar-refractivity contribution < 1.29 is 95.2 Å². The highest BCUT2D eigenvalue weighted by molar-refractivity contribution is 7.89. The fourth-order valence-corrected chi connectivity index (χ4v) is 7.14. The summed E-state index contributed by atoms with van der Waals surface area (Å²) >= 11 is 5.53. The van der Waals surface area contributed by atoms with E-state index in [-0.39, 0.29) is 25.5 Å². The summed E-state index contributed by atoms with van der Waals surface area (Å²) in [7, 11) is -1.78. The van der Waals surface area contributed by atoms with Gasteiger partial charge in [0.25, 0.3) is 11.3 Å². The van der Waals surface area contributed by atoms with E-state index in [2.05, 4.69) is 0 Å². The lowest BCUT2D eigenvalue weighted by Gasteiger charge is -2.30. The van der Waals surface area contributed by atoms with Crippen LogP contribution < -0.4 is 21.9 Å². The highest BCUT2D eigenvalue weighted by atomic mass is 35.5. The van der Waals surface area contributed by atoms with Crippen LogP contribution in [-0.4, -0.2) is 128 Å². The van der Waals surface area contributed by atoms with Crippen molar-refractivity contribution >= 4 is 31.6 Å².